The Morgan fingerprint density at radius 1 is 1.22 bits per heavy atom. The first kappa shape index (κ1) is 19.1. The van der Waals surface area contributed by atoms with E-state index in [9.17, 15) is 23.1 Å². The normalized spacial score (nSPS) is 13.0. The van der Waals surface area contributed by atoms with E-state index in [1.807, 2.05) is 0 Å². The molecule has 0 spiro atoms. The summed E-state index contributed by atoms with van der Waals surface area (Å²) in [6.45, 7) is 1.37. The van der Waals surface area contributed by atoms with E-state index in [0.717, 1.165) is 10.6 Å². The van der Waals surface area contributed by atoms with Gasteiger partial charge in [-0.15, -0.1) is 0 Å². The van der Waals surface area contributed by atoms with Crippen LogP contribution in [-0.2, 0) is 6.18 Å². The molecular formula is C17H14ClF3N4O2. The minimum absolute atomic E-state index is 0.0288. The largest absolute Gasteiger partial charge is 0.433 e. The number of fused-ring (bicyclic) bond motifs is 1. The van der Waals surface area contributed by atoms with Gasteiger partial charge in [0.25, 0.3) is 0 Å². The molecule has 1 aromatic carbocycles. The second-order valence-electron chi connectivity index (χ2n) is 5.82. The molecule has 142 valence electrons. The van der Waals surface area contributed by atoms with Crippen LogP contribution in [-0.4, -0.2) is 32.3 Å². The SMILES string of the molecule is C[C@H](CO)Nc1nc(=O)n(-c2ccccc2Cl)c2nc(C(F)(F)F)ccc12. The fourth-order valence-electron chi connectivity index (χ4n) is 2.50. The topological polar surface area (TPSA) is 80.0 Å². The van der Waals surface area contributed by atoms with E-state index in [1.165, 1.54) is 18.2 Å². The number of aliphatic hydroxyl groups excluding tert-OH is 1. The number of nitrogens with one attached hydrogen (secondary N) is 1. The minimum atomic E-state index is -4.69. The number of anilines is 1. The molecule has 0 saturated carbocycles. The molecule has 0 fully saturated rings. The summed E-state index contributed by atoms with van der Waals surface area (Å²) in [4.78, 5) is 20.2. The quantitative estimate of drug-likeness (QED) is 0.705. The van der Waals surface area contributed by atoms with Crippen molar-refractivity contribution in [3.05, 3.63) is 57.6 Å². The fourth-order valence-corrected chi connectivity index (χ4v) is 2.72. The smallest absolute Gasteiger partial charge is 0.394 e. The van der Waals surface area contributed by atoms with Crippen LogP contribution in [0.5, 0.6) is 0 Å². The van der Waals surface area contributed by atoms with Crippen molar-refractivity contribution in [1.29, 1.82) is 0 Å². The predicted octanol–water partition coefficient (Wildman–Crippen LogP) is 3.25. The van der Waals surface area contributed by atoms with Gasteiger partial charge >= 0.3 is 11.9 Å². The number of halogens is 4. The summed E-state index contributed by atoms with van der Waals surface area (Å²) >= 11 is 6.12. The zero-order valence-electron chi connectivity index (χ0n) is 14.0. The summed E-state index contributed by atoms with van der Waals surface area (Å²) in [6.07, 6.45) is -4.69. The van der Waals surface area contributed by atoms with Crippen LogP contribution in [0.15, 0.2) is 41.2 Å². The van der Waals surface area contributed by atoms with Gasteiger partial charge in [0.15, 0.2) is 5.65 Å². The Labute approximate surface area is 156 Å². The van der Waals surface area contributed by atoms with Crippen LogP contribution >= 0.6 is 11.6 Å². The van der Waals surface area contributed by atoms with E-state index in [-0.39, 0.29) is 34.2 Å². The molecule has 2 N–H and O–H groups in total. The second-order valence-corrected chi connectivity index (χ2v) is 6.23. The number of para-hydroxylation sites is 1. The molecule has 0 saturated heterocycles. The molecule has 3 aromatic rings. The van der Waals surface area contributed by atoms with Crippen molar-refractivity contribution in [1.82, 2.24) is 14.5 Å². The van der Waals surface area contributed by atoms with E-state index in [0.29, 0.717) is 0 Å². The molecule has 0 aliphatic heterocycles. The summed E-state index contributed by atoms with van der Waals surface area (Å²) < 4.78 is 40.4. The first-order chi connectivity index (χ1) is 12.7. The number of pyridine rings is 1. The standard InChI is InChI=1S/C17H14ClF3N4O2/c1-9(8-26)22-14-10-6-7-13(17(19,20)21)23-15(10)25(16(27)24-14)12-5-3-2-4-11(12)18/h2-7,9,26H,8H2,1H3,(H,22,24,27)/t9-/m1/s1. The third kappa shape index (κ3) is 3.74. The highest BCUT2D eigenvalue weighted by Crippen LogP contribution is 2.31. The average Bonchev–Trinajstić information content (AvgIpc) is 2.61. The average molecular weight is 399 g/mol. The summed E-state index contributed by atoms with van der Waals surface area (Å²) in [6, 6.07) is 7.71. The van der Waals surface area contributed by atoms with Crippen LogP contribution < -0.4 is 11.0 Å². The van der Waals surface area contributed by atoms with Crippen molar-refractivity contribution in [2.45, 2.75) is 19.1 Å². The Morgan fingerprint density at radius 2 is 1.93 bits per heavy atom. The van der Waals surface area contributed by atoms with E-state index in [1.54, 1.807) is 19.1 Å². The number of hydrogen-bond donors (Lipinski definition) is 2. The van der Waals surface area contributed by atoms with Crippen LogP contribution in [0.2, 0.25) is 5.02 Å². The van der Waals surface area contributed by atoms with Gasteiger partial charge in [0.1, 0.15) is 11.5 Å². The molecular weight excluding hydrogens is 385 g/mol. The number of nitrogens with zero attached hydrogens (tertiary/aromatic N) is 3. The zero-order valence-corrected chi connectivity index (χ0v) is 14.7. The minimum Gasteiger partial charge on any atom is -0.394 e. The van der Waals surface area contributed by atoms with Gasteiger partial charge < -0.3 is 10.4 Å². The Kier molecular flexibility index (Phi) is 5.07. The first-order valence-electron chi connectivity index (χ1n) is 7.85. The Balaban J connectivity index is 2.38. The molecule has 0 aliphatic rings. The van der Waals surface area contributed by atoms with E-state index < -0.39 is 23.6 Å². The van der Waals surface area contributed by atoms with E-state index in [4.69, 9.17) is 11.6 Å². The van der Waals surface area contributed by atoms with Gasteiger partial charge in [0.05, 0.1) is 22.7 Å². The van der Waals surface area contributed by atoms with Crippen LogP contribution in [0.3, 0.4) is 0 Å². The van der Waals surface area contributed by atoms with Gasteiger partial charge in [-0.2, -0.15) is 18.2 Å². The molecule has 0 aliphatic carbocycles. The van der Waals surface area contributed by atoms with Gasteiger partial charge in [0.2, 0.25) is 0 Å². The molecule has 2 aromatic heterocycles. The summed E-state index contributed by atoms with van der Waals surface area (Å²) in [5.41, 5.74) is -2.08. The van der Waals surface area contributed by atoms with Gasteiger partial charge in [-0.25, -0.2) is 14.3 Å². The highest BCUT2D eigenvalue weighted by molar-refractivity contribution is 6.32. The van der Waals surface area contributed by atoms with Crippen LogP contribution in [0, 0.1) is 0 Å². The van der Waals surface area contributed by atoms with Crippen molar-refractivity contribution in [3.63, 3.8) is 0 Å². The monoisotopic (exact) mass is 398 g/mol. The highest BCUT2D eigenvalue weighted by atomic mass is 35.5. The van der Waals surface area contributed by atoms with Crippen molar-refractivity contribution in [2.24, 2.45) is 0 Å². The maximum Gasteiger partial charge on any atom is 0.433 e. The van der Waals surface area contributed by atoms with Crippen molar-refractivity contribution >= 4 is 28.5 Å². The predicted molar refractivity (Wildman–Crippen MR) is 95.3 cm³/mol. The first-order valence-corrected chi connectivity index (χ1v) is 8.23. The Bertz CT molecular complexity index is 1050. The van der Waals surface area contributed by atoms with Crippen LogP contribution in [0.4, 0.5) is 19.0 Å². The van der Waals surface area contributed by atoms with Crippen molar-refractivity contribution in [2.75, 3.05) is 11.9 Å². The molecule has 0 radical (unpaired) electrons. The van der Waals surface area contributed by atoms with E-state index >= 15 is 0 Å². The number of alkyl halides is 3. The van der Waals surface area contributed by atoms with Gasteiger partial charge in [0, 0.05) is 6.04 Å². The molecule has 6 nitrogen and oxygen atoms in total. The molecule has 27 heavy (non-hydrogen) atoms. The Morgan fingerprint density at radius 3 is 2.56 bits per heavy atom. The number of rotatable bonds is 4. The fraction of sp³-hybridized carbons (Fsp3) is 0.235. The number of aliphatic hydroxyl groups is 1. The summed E-state index contributed by atoms with van der Waals surface area (Å²) in [5.74, 6) is 0.0288. The lowest BCUT2D eigenvalue weighted by Crippen LogP contribution is -2.28. The summed E-state index contributed by atoms with van der Waals surface area (Å²) in [5, 5.41) is 12.3. The Hall–Kier alpha value is -2.65. The van der Waals surface area contributed by atoms with Gasteiger partial charge in [-0.05, 0) is 31.2 Å². The van der Waals surface area contributed by atoms with Crippen molar-refractivity contribution in [3.8, 4) is 5.69 Å². The van der Waals surface area contributed by atoms with E-state index in [2.05, 4.69) is 15.3 Å². The molecule has 0 bridgehead atoms. The number of aromatic nitrogens is 3. The third-order valence-corrected chi connectivity index (χ3v) is 4.10. The summed E-state index contributed by atoms with van der Waals surface area (Å²) in [7, 11) is 0. The molecule has 2 heterocycles. The van der Waals surface area contributed by atoms with Crippen molar-refractivity contribution < 1.29 is 18.3 Å². The molecule has 3 rings (SSSR count). The van der Waals surface area contributed by atoms with Crippen LogP contribution in [0.1, 0.15) is 12.6 Å². The lowest BCUT2D eigenvalue weighted by molar-refractivity contribution is -0.141. The zero-order chi connectivity index (χ0) is 19.8. The molecule has 0 unspecified atom stereocenters. The van der Waals surface area contributed by atoms with Crippen LogP contribution in [0.25, 0.3) is 16.7 Å². The maximum atomic E-state index is 13.2. The highest BCUT2D eigenvalue weighted by Gasteiger charge is 2.33. The number of hydrogen-bond acceptors (Lipinski definition) is 5. The molecule has 10 heteroatoms. The lowest BCUT2D eigenvalue weighted by Gasteiger charge is -2.17. The molecule has 0 amide bonds. The third-order valence-electron chi connectivity index (χ3n) is 3.78. The number of benzene rings is 1. The maximum absolute atomic E-state index is 13.2. The van der Waals surface area contributed by atoms with Gasteiger partial charge in [-0.3, -0.25) is 0 Å². The lowest BCUT2D eigenvalue weighted by atomic mass is 10.2. The molecule has 1 atom stereocenters. The second kappa shape index (κ2) is 7.16. The van der Waals surface area contributed by atoms with Gasteiger partial charge in [-0.1, -0.05) is 23.7 Å².